The van der Waals surface area contributed by atoms with E-state index < -0.39 is 0 Å². The van der Waals surface area contributed by atoms with Crippen LogP contribution in [0.4, 0.5) is 0 Å². The van der Waals surface area contributed by atoms with E-state index in [2.05, 4.69) is 6.07 Å². The SMILES string of the molecule is COc1cc(C#N)cc2c1OC(C)(C)C2. The van der Waals surface area contributed by atoms with Crippen LogP contribution in [-0.2, 0) is 6.42 Å². The summed E-state index contributed by atoms with van der Waals surface area (Å²) in [4.78, 5) is 0. The minimum Gasteiger partial charge on any atom is -0.493 e. The molecule has 0 amide bonds. The van der Waals surface area contributed by atoms with Gasteiger partial charge < -0.3 is 9.47 Å². The number of benzene rings is 1. The standard InChI is InChI=1S/C12H13NO2/c1-12(2)6-9-4-8(7-13)5-10(14-3)11(9)15-12/h4-5H,6H2,1-3H3. The number of nitrogens with zero attached hydrogens (tertiary/aromatic N) is 1. The summed E-state index contributed by atoms with van der Waals surface area (Å²) in [6.07, 6.45) is 0.814. The van der Waals surface area contributed by atoms with Crippen molar-refractivity contribution < 1.29 is 9.47 Å². The van der Waals surface area contributed by atoms with E-state index in [4.69, 9.17) is 14.7 Å². The zero-order valence-corrected chi connectivity index (χ0v) is 9.13. The number of hydrogen-bond acceptors (Lipinski definition) is 3. The Labute approximate surface area is 89.2 Å². The normalized spacial score (nSPS) is 16.4. The second-order valence-electron chi connectivity index (χ2n) is 4.32. The van der Waals surface area contributed by atoms with Crippen molar-refractivity contribution in [3.8, 4) is 17.6 Å². The van der Waals surface area contributed by atoms with Crippen LogP contribution in [0.5, 0.6) is 11.5 Å². The molecule has 15 heavy (non-hydrogen) atoms. The van der Waals surface area contributed by atoms with Gasteiger partial charge in [-0.3, -0.25) is 0 Å². The van der Waals surface area contributed by atoms with Crippen molar-refractivity contribution in [2.45, 2.75) is 25.9 Å². The predicted octanol–water partition coefficient (Wildman–Crippen LogP) is 2.28. The molecular formula is C12H13NO2. The summed E-state index contributed by atoms with van der Waals surface area (Å²) in [6.45, 7) is 4.05. The summed E-state index contributed by atoms with van der Waals surface area (Å²) in [7, 11) is 1.59. The van der Waals surface area contributed by atoms with Gasteiger partial charge in [-0.05, 0) is 19.9 Å². The molecule has 0 saturated carbocycles. The lowest BCUT2D eigenvalue weighted by Crippen LogP contribution is -2.24. The van der Waals surface area contributed by atoms with Crippen LogP contribution in [0.2, 0.25) is 0 Å². The van der Waals surface area contributed by atoms with Gasteiger partial charge in [0, 0.05) is 18.1 Å². The van der Waals surface area contributed by atoms with E-state index in [1.54, 1.807) is 13.2 Å². The molecule has 0 bridgehead atoms. The summed E-state index contributed by atoms with van der Waals surface area (Å²) >= 11 is 0. The summed E-state index contributed by atoms with van der Waals surface area (Å²) < 4.78 is 11.0. The molecule has 0 atom stereocenters. The molecule has 0 saturated heterocycles. The zero-order valence-electron chi connectivity index (χ0n) is 9.13. The molecule has 1 aromatic carbocycles. The molecule has 3 nitrogen and oxygen atoms in total. The second kappa shape index (κ2) is 3.16. The maximum atomic E-state index is 8.87. The quantitative estimate of drug-likeness (QED) is 0.703. The van der Waals surface area contributed by atoms with Crippen molar-refractivity contribution in [3.63, 3.8) is 0 Å². The fourth-order valence-electron chi connectivity index (χ4n) is 1.89. The molecule has 0 spiro atoms. The fourth-order valence-corrected chi connectivity index (χ4v) is 1.89. The Morgan fingerprint density at radius 2 is 2.20 bits per heavy atom. The number of methoxy groups -OCH3 is 1. The van der Waals surface area contributed by atoms with Crippen LogP contribution in [-0.4, -0.2) is 12.7 Å². The Bertz CT molecular complexity index is 444. The first-order valence-electron chi connectivity index (χ1n) is 4.86. The lowest BCUT2D eigenvalue weighted by molar-refractivity contribution is 0.134. The highest BCUT2D eigenvalue weighted by atomic mass is 16.5. The van der Waals surface area contributed by atoms with Crippen LogP contribution in [0.15, 0.2) is 12.1 Å². The second-order valence-corrected chi connectivity index (χ2v) is 4.32. The number of rotatable bonds is 1. The van der Waals surface area contributed by atoms with Crippen LogP contribution in [0.3, 0.4) is 0 Å². The van der Waals surface area contributed by atoms with Gasteiger partial charge >= 0.3 is 0 Å². The Morgan fingerprint density at radius 3 is 2.80 bits per heavy atom. The smallest absolute Gasteiger partial charge is 0.165 e. The van der Waals surface area contributed by atoms with E-state index in [1.165, 1.54) is 0 Å². The van der Waals surface area contributed by atoms with Gasteiger partial charge in [0.25, 0.3) is 0 Å². The molecule has 78 valence electrons. The van der Waals surface area contributed by atoms with Crippen molar-refractivity contribution in [2.24, 2.45) is 0 Å². The molecule has 0 aromatic heterocycles. The maximum absolute atomic E-state index is 8.87. The largest absolute Gasteiger partial charge is 0.493 e. The molecular weight excluding hydrogens is 190 g/mol. The monoisotopic (exact) mass is 203 g/mol. The molecule has 0 N–H and O–H groups in total. The van der Waals surface area contributed by atoms with Gasteiger partial charge in [-0.2, -0.15) is 5.26 Å². The van der Waals surface area contributed by atoms with Crippen molar-refractivity contribution in [3.05, 3.63) is 23.3 Å². The Morgan fingerprint density at radius 1 is 1.47 bits per heavy atom. The molecule has 1 heterocycles. The molecule has 1 aliphatic rings. The van der Waals surface area contributed by atoms with Crippen molar-refractivity contribution in [2.75, 3.05) is 7.11 Å². The molecule has 0 unspecified atom stereocenters. The van der Waals surface area contributed by atoms with Gasteiger partial charge in [0.05, 0.1) is 18.7 Å². The van der Waals surface area contributed by atoms with Crippen molar-refractivity contribution in [1.82, 2.24) is 0 Å². The lowest BCUT2D eigenvalue weighted by Gasteiger charge is -2.17. The zero-order chi connectivity index (χ0) is 11.1. The average molecular weight is 203 g/mol. The lowest BCUT2D eigenvalue weighted by atomic mass is 10.0. The molecule has 2 rings (SSSR count). The number of hydrogen-bond donors (Lipinski definition) is 0. The van der Waals surface area contributed by atoms with Crippen LogP contribution < -0.4 is 9.47 Å². The minimum absolute atomic E-state index is 0.205. The van der Waals surface area contributed by atoms with Crippen LogP contribution in [0.1, 0.15) is 25.0 Å². The van der Waals surface area contributed by atoms with Crippen molar-refractivity contribution in [1.29, 1.82) is 5.26 Å². The number of fused-ring (bicyclic) bond motifs is 1. The molecule has 1 aliphatic heterocycles. The van der Waals surface area contributed by atoms with Crippen LogP contribution >= 0.6 is 0 Å². The van der Waals surface area contributed by atoms with Gasteiger partial charge in [0.2, 0.25) is 0 Å². The third-order valence-corrected chi connectivity index (χ3v) is 2.48. The third-order valence-electron chi connectivity index (χ3n) is 2.48. The van der Waals surface area contributed by atoms with E-state index in [0.717, 1.165) is 17.7 Å². The summed E-state index contributed by atoms with van der Waals surface area (Å²) in [5.74, 6) is 1.43. The number of ether oxygens (including phenoxy) is 2. The molecule has 3 heteroatoms. The Hall–Kier alpha value is -1.69. The number of nitriles is 1. The van der Waals surface area contributed by atoms with Crippen LogP contribution in [0, 0.1) is 11.3 Å². The highest BCUT2D eigenvalue weighted by Gasteiger charge is 2.32. The Kier molecular flexibility index (Phi) is 2.08. The summed E-state index contributed by atoms with van der Waals surface area (Å²) in [5, 5.41) is 8.87. The van der Waals surface area contributed by atoms with E-state index in [0.29, 0.717) is 11.3 Å². The minimum atomic E-state index is -0.205. The van der Waals surface area contributed by atoms with Gasteiger partial charge in [0.15, 0.2) is 11.5 Å². The topological polar surface area (TPSA) is 42.2 Å². The van der Waals surface area contributed by atoms with Crippen molar-refractivity contribution >= 4 is 0 Å². The first-order chi connectivity index (χ1) is 7.05. The average Bonchev–Trinajstić information content (AvgIpc) is 2.50. The molecule has 0 fully saturated rings. The van der Waals surface area contributed by atoms with E-state index in [9.17, 15) is 0 Å². The van der Waals surface area contributed by atoms with Gasteiger partial charge in [-0.1, -0.05) is 0 Å². The first-order valence-corrected chi connectivity index (χ1v) is 4.86. The molecule has 0 radical (unpaired) electrons. The molecule has 0 aliphatic carbocycles. The van der Waals surface area contributed by atoms with Gasteiger partial charge in [0.1, 0.15) is 5.60 Å². The van der Waals surface area contributed by atoms with Crippen LogP contribution in [0.25, 0.3) is 0 Å². The summed E-state index contributed by atoms with van der Waals surface area (Å²) in [6, 6.07) is 5.70. The molecule has 1 aromatic rings. The van der Waals surface area contributed by atoms with E-state index in [1.807, 2.05) is 19.9 Å². The maximum Gasteiger partial charge on any atom is 0.165 e. The highest BCUT2D eigenvalue weighted by molar-refractivity contribution is 5.55. The highest BCUT2D eigenvalue weighted by Crippen LogP contribution is 2.42. The van der Waals surface area contributed by atoms with Gasteiger partial charge in [-0.25, -0.2) is 0 Å². The first kappa shape index (κ1) is 9.85. The fraction of sp³-hybridized carbons (Fsp3) is 0.417. The van der Waals surface area contributed by atoms with Gasteiger partial charge in [-0.15, -0.1) is 0 Å². The Balaban J connectivity index is 2.54. The third kappa shape index (κ3) is 1.63. The van der Waals surface area contributed by atoms with E-state index >= 15 is 0 Å². The summed E-state index contributed by atoms with van der Waals surface area (Å²) in [5.41, 5.74) is 1.46. The predicted molar refractivity (Wildman–Crippen MR) is 56.1 cm³/mol. The van der Waals surface area contributed by atoms with E-state index in [-0.39, 0.29) is 5.60 Å².